The molecule has 0 aliphatic heterocycles. The van der Waals surface area contributed by atoms with Gasteiger partial charge < -0.3 is 0 Å². The van der Waals surface area contributed by atoms with Crippen LogP contribution >= 0.6 is 17.2 Å². The first kappa shape index (κ1) is 15.8. The third-order valence-electron chi connectivity index (χ3n) is 4.65. The maximum atomic E-state index is 2.32. The van der Waals surface area contributed by atoms with E-state index < -0.39 is 0 Å². The Balaban J connectivity index is 2.21. The van der Waals surface area contributed by atoms with Gasteiger partial charge in [0, 0.05) is 0 Å². The summed E-state index contributed by atoms with van der Waals surface area (Å²) in [6.07, 6.45) is 0. The summed E-state index contributed by atoms with van der Waals surface area (Å²) in [5, 5.41) is 8.33. The second-order valence-corrected chi connectivity index (χ2v) is 8.00. The fourth-order valence-electron chi connectivity index (χ4n) is 3.50. The van der Waals surface area contributed by atoms with Crippen LogP contribution in [0.15, 0.2) is 72.8 Å². The zero-order valence-electron chi connectivity index (χ0n) is 13.9. The molecule has 0 saturated heterocycles. The van der Waals surface area contributed by atoms with Crippen molar-refractivity contribution in [1.82, 2.24) is 0 Å². The highest BCUT2D eigenvalue weighted by Crippen LogP contribution is 2.36. The summed E-state index contributed by atoms with van der Waals surface area (Å²) < 4.78 is 0. The monoisotopic (exact) mass is 346 g/mol. The molecule has 2 unspecified atom stereocenters. The van der Waals surface area contributed by atoms with Crippen molar-refractivity contribution in [3.8, 4) is 11.1 Å². The van der Waals surface area contributed by atoms with Crippen molar-refractivity contribution in [2.24, 2.45) is 0 Å². The Morgan fingerprint density at radius 2 is 0.917 bits per heavy atom. The van der Waals surface area contributed by atoms with Crippen molar-refractivity contribution in [3.63, 3.8) is 0 Å². The van der Waals surface area contributed by atoms with Crippen LogP contribution in [0.3, 0.4) is 0 Å². The SMILES string of the molecule is CPc1ccc2ccccc2c1-c1c(PC)ccc2ccccc12. The molecule has 0 saturated carbocycles. The van der Waals surface area contributed by atoms with Gasteiger partial charge in [-0.2, -0.15) is 0 Å². The average Bonchev–Trinajstić information content (AvgIpc) is 2.66. The molecule has 0 spiro atoms. The van der Waals surface area contributed by atoms with Crippen LogP contribution in [0.1, 0.15) is 0 Å². The molecule has 0 nitrogen and oxygen atoms in total. The number of hydrogen-bond acceptors (Lipinski definition) is 0. The minimum atomic E-state index is 0.790. The normalized spacial score (nSPS) is 12.2. The largest absolute Gasteiger partial charge is 0.0929 e. The van der Waals surface area contributed by atoms with E-state index in [1.165, 1.54) is 43.3 Å². The van der Waals surface area contributed by atoms with E-state index in [9.17, 15) is 0 Å². The lowest BCUT2D eigenvalue weighted by Crippen LogP contribution is -2.08. The van der Waals surface area contributed by atoms with Gasteiger partial charge in [0.15, 0.2) is 0 Å². The van der Waals surface area contributed by atoms with Crippen molar-refractivity contribution in [2.75, 3.05) is 13.3 Å². The van der Waals surface area contributed by atoms with Crippen molar-refractivity contribution < 1.29 is 0 Å². The highest BCUT2D eigenvalue weighted by molar-refractivity contribution is 7.47. The molecule has 118 valence electrons. The van der Waals surface area contributed by atoms with E-state index in [0.29, 0.717) is 0 Å². The maximum Gasteiger partial charge on any atom is -0.00186 e. The highest BCUT2D eigenvalue weighted by Gasteiger charge is 2.15. The molecule has 2 heteroatoms. The molecule has 0 aliphatic carbocycles. The van der Waals surface area contributed by atoms with Crippen molar-refractivity contribution in [2.45, 2.75) is 0 Å². The lowest BCUT2D eigenvalue weighted by Gasteiger charge is -2.18. The lowest BCUT2D eigenvalue weighted by molar-refractivity contribution is 1.73. The molecule has 0 bridgehead atoms. The molecule has 24 heavy (non-hydrogen) atoms. The van der Waals surface area contributed by atoms with Crippen molar-refractivity contribution in [1.29, 1.82) is 0 Å². The molecule has 0 aromatic heterocycles. The lowest BCUT2D eigenvalue weighted by atomic mass is 9.94. The Bertz CT molecular complexity index is 949. The van der Waals surface area contributed by atoms with Gasteiger partial charge in [-0.3, -0.25) is 0 Å². The quantitative estimate of drug-likeness (QED) is 0.428. The summed E-state index contributed by atoms with van der Waals surface area (Å²) in [5.74, 6) is 0. The van der Waals surface area contributed by atoms with E-state index in [-0.39, 0.29) is 0 Å². The summed E-state index contributed by atoms with van der Waals surface area (Å²) >= 11 is 0. The molecule has 4 rings (SSSR count). The molecule has 0 fully saturated rings. The van der Waals surface area contributed by atoms with Gasteiger partial charge in [0.1, 0.15) is 0 Å². The van der Waals surface area contributed by atoms with Gasteiger partial charge in [0.05, 0.1) is 0 Å². The molecular formula is C22H20P2. The van der Waals surface area contributed by atoms with Gasteiger partial charge in [-0.05, 0) is 56.6 Å². The van der Waals surface area contributed by atoms with Crippen molar-refractivity contribution >= 4 is 49.3 Å². The molecule has 4 aromatic rings. The first-order chi connectivity index (χ1) is 11.8. The predicted molar refractivity (Wildman–Crippen MR) is 115 cm³/mol. The van der Waals surface area contributed by atoms with Gasteiger partial charge >= 0.3 is 0 Å². The van der Waals surface area contributed by atoms with E-state index in [4.69, 9.17) is 0 Å². The predicted octanol–water partition coefficient (Wildman–Crippen LogP) is 5.53. The smallest absolute Gasteiger partial charge is 0.00186 e. The Morgan fingerprint density at radius 1 is 0.500 bits per heavy atom. The molecule has 0 amide bonds. The summed E-state index contributed by atoms with van der Waals surface area (Å²) in [4.78, 5) is 0. The molecule has 0 N–H and O–H groups in total. The zero-order valence-corrected chi connectivity index (χ0v) is 15.9. The van der Waals surface area contributed by atoms with E-state index >= 15 is 0 Å². The number of benzene rings is 4. The maximum absolute atomic E-state index is 2.32. The van der Waals surface area contributed by atoms with Crippen LogP contribution in [0.4, 0.5) is 0 Å². The second kappa shape index (κ2) is 6.64. The summed E-state index contributed by atoms with van der Waals surface area (Å²) in [7, 11) is 1.58. The number of fused-ring (bicyclic) bond motifs is 2. The molecular weight excluding hydrogens is 326 g/mol. The van der Waals surface area contributed by atoms with Crippen LogP contribution in [0, 0.1) is 0 Å². The van der Waals surface area contributed by atoms with Crippen LogP contribution in [0.5, 0.6) is 0 Å². The Morgan fingerprint density at radius 3 is 1.33 bits per heavy atom. The summed E-state index contributed by atoms with van der Waals surface area (Å²) in [6, 6.07) is 26.8. The summed E-state index contributed by atoms with van der Waals surface area (Å²) in [6.45, 7) is 4.57. The van der Waals surface area contributed by atoms with Crippen LogP contribution in [-0.2, 0) is 0 Å². The Hall–Kier alpha value is -1.74. The highest BCUT2D eigenvalue weighted by atomic mass is 31.1. The third kappa shape index (κ3) is 2.55. The number of hydrogen-bond donors (Lipinski definition) is 0. The van der Waals surface area contributed by atoms with E-state index in [0.717, 1.165) is 17.2 Å². The molecule has 0 aliphatic rings. The Kier molecular flexibility index (Phi) is 4.36. The van der Waals surface area contributed by atoms with E-state index in [1.807, 2.05) is 0 Å². The fourth-order valence-corrected chi connectivity index (χ4v) is 5.02. The topological polar surface area (TPSA) is 0 Å². The van der Waals surface area contributed by atoms with Crippen molar-refractivity contribution in [3.05, 3.63) is 72.8 Å². The number of rotatable bonds is 3. The standard InChI is InChI=1S/C22H20P2/c1-23-19-13-11-15-7-3-5-9-17(15)21(19)22-18-10-6-4-8-16(18)12-14-20(22)24-2/h3-14,23-24H,1-2H3. The molecule has 4 aromatic carbocycles. The molecule has 0 heterocycles. The first-order valence-electron chi connectivity index (χ1n) is 8.23. The molecule has 2 atom stereocenters. The fraction of sp³-hybridized carbons (Fsp3) is 0.0909. The minimum absolute atomic E-state index is 0.790. The minimum Gasteiger partial charge on any atom is -0.0929 e. The Labute approximate surface area is 146 Å². The van der Waals surface area contributed by atoms with Crippen LogP contribution in [-0.4, -0.2) is 13.3 Å². The molecule has 0 radical (unpaired) electrons. The van der Waals surface area contributed by atoms with E-state index in [2.05, 4.69) is 86.1 Å². The van der Waals surface area contributed by atoms with Crippen LogP contribution in [0.25, 0.3) is 32.7 Å². The van der Waals surface area contributed by atoms with Gasteiger partial charge in [-0.15, -0.1) is 0 Å². The van der Waals surface area contributed by atoms with Crippen LogP contribution < -0.4 is 10.6 Å². The first-order valence-corrected chi connectivity index (χ1v) is 11.2. The van der Waals surface area contributed by atoms with Gasteiger partial charge in [0.25, 0.3) is 0 Å². The van der Waals surface area contributed by atoms with Gasteiger partial charge in [0.2, 0.25) is 0 Å². The summed E-state index contributed by atoms with van der Waals surface area (Å²) in [5.41, 5.74) is 2.88. The van der Waals surface area contributed by atoms with Gasteiger partial charge in [-0.1, -0.05) is 90.0 Å². The second-order valence-electron chi connectivity index (χ2n) is 5.92. The van der Waals surface area contributed by atoms with Crippen LogP contribution in [0.2, 0.25) is 0 Å². The zero-order chi connectivity index (χ0) is 16.5. The van der Waals surface area contributed by atoms with E-state index in [1.54, 1.807) is 0 Å². The third-order valence-corrected chi connectivity index (χ3v) is 6.56. The van der Waals surface area contributed by atoms with Gasteiger partial charge in [-0.25, -0.2) is 0 Å². The average molecular weight is 346 g/mol.